The van der Waals surface area contributed by atoms with Crippen molar-refractivity contribution < 1.29 is 13.5 Å². The van der Waals surface area contributed by atoms with Crippen LogP contribution in [0.4, 0.5) is 8.78 Å². The normalized spacial score (nSPS) is 31.6. The fourth-order valence-electron chi connectivity index (χ4n) is 4.11. The molecule has 0 N–H and O–H groups in total. The predicted octanol–water partition coefficient (Wildman–Crippen LogP) is 5.84. The van der Waals surface area contributed by atoms with Crippen LogP contribution in [0.5, 0.6) is 0 Å². The summed E-state index contributed by atoms with van der Waals surface area (Å²) in [6.07, 6.45) is 6.02. The van der Waals surface area contributed by atoms with E-state index >= 15 is 0 Å². The molecular weight excluding hydrogens is 294 g/mol. The molecule has 0 spiro atoms. The van der Waals surface area contributed by atoms with Gasteiger partial charge in [0.05, 0.1) is 12.7 Å². The van der Waals surface area contributed by atoms with E-state index in [9.17, 15) is 8.78 Å². The first-order chi connectivity index (χ1) is 11.1. The van der Waals surface area contributed by atoms with Crippen molar-refractivity contribution in [1.82, 2.24) is 0 Å². The summed E-state index contributed by atoms with van der Waals surface area (Å²) in [6, 6.07) is 8.76. The lowest BCUT2D eigenvalue weighted by Crippen LogP contribution is -2.33. The highest BCUT2D eigenvalue weighted by atomic mass is 19.3. The Bertz CT molecular complexity index is 517. The maximum atomic E-state index is 12.3. The second-order valence-corrected chi connectivity index (χ2v) is 7.19. The van der Waals surface area contributed by atoms with Gasteiger partial charge in [-0.15, -0.1) is 0 Å². The van der Waals surface area contributed by atoms with E-state index in [0.717, 1.165) is 44.8 Å². The molecule has 2 fully saturated rings. The zero-order valence-electron chi connectivity index (χ0n) is 13.8. The molecule has 0 radical (unpaired) electrons. The van der Waals surface area contributed by atoms with Gasteiger partial charge in [-0.3, -0.25) is 0 Å². The number of ether oxygens (including phenoxy) is 1. The van der Waals surface area contributed by atoms with Crippen LogP contribution >= 0.6 is 0 Å². The van der Waals surface area contributed by atoms with Crippen LogP contribution in [0.2, 0.25) is 0 Å². The lowest BCUT2D eigenvalue weighted by Gasteiger charge is -2.37. The van der Waals surface area contributed by atoms with E-state index in [2.05, 4.69) is 31.2 Å². The average molecular weight is 320 g/mol. The highest BCUT2D eigenvalue weighted by Gasteiger charge is 2.31. The van der Waals surface area contributed by atoms with Gasteiger partial charge >= 0.3 is 0 Å². The Balaban J connectivity index is 1.48. The van der Waals surface area contributed by atoms with E-state index in [0.29, 0.717) is 17.9 Å². The minimum Gasteiger partial charge on any atom is -0.377 e. The summed E-state index contributed by atoms with van der Waals surface area (Å²) in [5.41, 5.74) is 2.67. The van der Waals surface area contributed by atoms with E-state index in [-0.39, 0.29) is 5.92 Å². The Morgan fingerprint density at radius 2 is 1.70 bits per heavy atom. The fourth-order valence-corrected chi connectivity index (χ4v) is 4.11. The molecule has 126 valence electrons. The Labute approximate surface area is 137 Å². The van der Waals surface area contributed by atoms with Crippen molar-refractivity contribution in [3.63, 3.8) is 0 Å². The van der Waals surface area contributed by atoms with Crippen molar-refractivity contribution >= 4 is 0 Å². The van der Waals surface area contributed by atoms with E-state index in [1.807, 2.05) is 0 Å². The first-order valence-electron chi connectivity index (χ1n) is 8.83. The maximum absolute atomic E-state index is 12.3. The molecule has 23 heavy (non-hydrogen) atoms. The number of rotatable bonds is 3. The lowest BCUT2D eigenvalue weighted by molar-refractivity contribution is -0.0420. The van der Waals surface area contributed by atoms with Crippen LogP contribution in [0.15, 0.2) is 36.4 Å². The van der Waals surface area contributed by atoms with E-state index in [4.69, 9.17) is 4.74 Å². The van der Waals surface area contributed by atoms with E-state index in [1.54, 1.807) is 0 Å². The molecule has 1 aromatic rings. The molecule has 0 bridgehead atoms. The molecule has 2 atom stereocenters. The largest absolute Gasteiger partial charge is 0.377 e. The van der Waals surface area contributed by atoms with Crippen molar-refractivity contribution in [2.45, 2.75) is 57.5 Å². The third kappa shape index (κ3) is 4.41. The van der Waals surface area contributed by atoms with Crippen LogP contribution in [0, 0.1) is 18.8 Å². The summed E-state index contributed by atoms with van der Waals surface area (Å²) in [4.78, 5) is 0. The van der Waals surface area contributed by atoms with Crippen molar-refractivity contribution in [1.29, 1.82) is 0 Å². The average Bonchev–Trinajstić information content (AvgIpc) is 2.56. The molecule has 2 aliphatic rings. The highest BCUT2D eigenvalue weighted by molar-refractivity contribution is 5.24. The minimum absolute atomic E-state index is 0.0696. The van der Waals surface area contributed by atoms with Gasteiger partial charge in [0.2, 0.25) is 0 Å². The molecule has 1 aromatic carbocycles. The summed E-state index contributed by atoms with van der Waals surface area (Å²) in [7, 11) is 0. The standard InChI is InChI=1S/C20H26F2O/c1-14-2-6-16(7-3-14)18-10-11-19(23-13-18)17-8-4-15(5-9-17)12-20(21)22/h2-3,6-7,12,15,17-19H,4-5,8-11,13H2,1H3. The Morgan fingerprint density at radius 1 is 1.00 bits per heavy atom. The number of aryl methyl sites for hydroxylation is 1. The van der Waals surface area contributed by atoms with Crippen molar-refractivity contribution in [3.8, 4) is 0 Å². The second-order valence-electron chi connectivity index (χ2n) is 7.19. The lowest BCUT2D eigenvalue weighted by atomic mass is 9.77. The Kier molecular flexibility index (Phi) is 5.47. The monoisotopic (exact) mass is 320 g/mol. The van der Waals surface area contributed by atoms with Crippen molar-refractivity contribution in [3.05, 3.63) is 47.5 Å². The number of halogens is 2. The molecule has 3 heteroatoms. The van der Waals surface area contributed by atoms with Crippen LogP contribution < -0.4 is 0 Å². The number of hydrogen-bond acceptors (Lipinski definition) is 1. The summed E-state index contributed by atoms with van der Waals surface area (Å²) in [5, 5.41) is 0. The second kappa shape index (κ2) is 7.57. The first-order valence-corrected chi connectivity index (χ1v) is 8.83. The molecule has 0 amide bonds. The van der Waals surface area contributed by atoms with Gasteiger partial charge in [0.1, 0.15) is 0 Å². The van der Waals surface area contributed by atoms with Crippen LogP contribution in [0.3, 0.4) is 0 Å². The van der Waals surface area contributed by atoms with Crippen LogP contribution in [0.25, 0.3) is 0 Å². The summed E-state index contributed by atoms with van der Waals surface area (Å²) in [6.45, 7) is 2.91. The van der Waals surface area contributed by atoms with Crippen molar-refractivity contribution in [2.75, 3.05) is 6.61 Å². The third-order valence-electron chi connectivity index (χ3n) is 5.56. The van der Waals surface area contributed by atoms with Crippen LogP contribution in [-0.4, -0.2) is 12.7 Å². The number of benzene rings is 1. The minimum atomic E-state index is -1.52. The molecule has 1 saturated heterocycles. The topological polar surface area (TPSA) is 9.23 Å². The zero-order valence-corrected chi connectivity index (χ0v) is 13.8. The molecule has 2 unspecified atom stereocenters. The molecule has 1 saturated carbocycles. The molecule has 1 heterocycles. The molecule has 1 aliphatic heterocycles. The van der Waals surface area contributed by atoms with E-state index in [1.165, 1.54) is 17.5 Å². The van der Waals surface area contributed by atoms with Gasteiger partial charge < -0.3 is 4.74 Å². The third-order valence-corrected chi connectivity index (χ3v) is 5.56. The van der Waals surface area contributed by atoms with Gasteiger partial charge in [-0.1, -0.05) is 29.8 Å². The number of hydrogen-bond donors (Lipinski definition) is 0. The van der Waals surface area contributed by atoms with Crippen LogP contribution in [-0.2, 0) is 4.74 Å². The van der Waals surface area contributed by atoms with Gasteiger partial charge in [0.15, 0.2) is 0 Å². The highest BCUT2D eigenvalue weighted by Crippen LogP contribution is 2.38. The van der Waals surface area contributed by atoms with Gasteiger partial charge in [-0.25, -0.2) is 0 Å². The molecule has 0 aromatic heterocycles. The summed E-state index contributed by atoms with van der Waals surface area (Å²) < 4.78 is 30.8. The quantitative estimate of drug-likeness (QED) is 0.679. The van der Waals surface area contributed by atoms with Gasteiger partial charge in [0, 0.05) is 5.92 Å². The maximum Gasteiger partial charge on any atom is 0.266 e. The Morgan fingerprint density at radius 3 is 2.26 bits per heavy atom. The van der Waals surface area contributed by atoms with Crippen molar-refractivity contribution in [2.24, 2.45) is 11.8 Å². The van der Waals surface area contributed by atoms with Gasteiger partial charge in [-0.2, -0.15) is 8.78 Å². The summed E-state index contributed by atoms with van der Waals surface area (Å²) in [5.74, 6) is 1.13. The molecule has 1 aliphatic carbocycles. The molecule has 1 nitrogen and oxygen atoms in total. The first kappa shape index (κ1) is 16.6. The van der Waals surface area contributed by atoms with E-state index < -0.39 is 6.08 Å². The van der Waals surface area contributed by atoms with Crippen LogP contribution in [0.1, 0.15) is 55.6 Å². The Hall–Kier alpha value is -1.22. The fraction of sp³-hybridized carbons (Fsp3) is 0.600. The zero-order chi connectivity index (χ0) is 16.2. The van der Waals surface area contributed by atoms with Gasteiger partial charge in [0.25, 0.3) is 6.08 Å². The smallest absolute Gasteiger partial charge is 0.266 e. The predicted molar refractivity (Wildman–Crippen MR) is 88.6 cm³/mol. The SMILES string of the molecule is Cc1ccc(C2CCC(C3CCC(C=C(F)F)CC3)OC2)cc1. The van der Waals surface area contributed by atoms with Gasteiger partial charge in [-0.05, 0) is 68.9 Å². The number of allylic oxidation sites excluding steroid dienone is 1. The summed E-state index contributed by atoms with van der Waals surface area (Å²) >= 11 is 0. The molecule has 3 rings (SSSR count). The molecular formula is C20H26F2O.